The summed E-state index contributed by atoms with van der Waals surface area (Å²) in [5, 5.41) is 0. The number of nitrogens with zero attached hydrogens (tertiary/aromatic N) is 1. The van der Waals surface area contributed by atoms with Gasteiger partial charge in [0.05, 0.1) is 12.2 Å². The molecule has 1 aromatic rings. The summed E-state index contributed by atoms with van der Waals surface area (Å²) in [6, 6.07) is 3.17. The molecule has 2 rings (SSSR count). The first-order chi connectivity index (χ1) is 9.13. The fourth-order valence-corrected chi connectivity index (χ4v) is 2.22. The van der Waals surface area contributed by atoms with Gasteiger partial charge in [-0.3, -0.25) is 9.59 Å². The molecule has 1 fully saturated rings. The molecule has 0 bridgehead atoms. The van der Waals surface area contributed by atoms with E-state index in [-0.39, 0.29) is 17.5 Å². The van der Waals surface area contributed by atoms with Crippen molar-refractivity contribution in [3.05, 3.63) is 34.2 Å². The van der Waals surface area contributed by atoms with Gasteiger partial charge in [-0.15, -0.1) is 0 Å². The minimum atomic E-state index is -0.199. The van der Waals surface area contributed by atoms with E-state index in [1.54, 1.807) is 13.2 Å². The first-order valence-electron chi connectivity index (χ1n) is 6.62. The molecule has 0 radical (unpaired) electrons. The maximum atomic E-state index is 12.5. The SMILES string of the molecule is COCCN(C(=O)c1ccc(=O)[nH]c1)C(C)C1CC1. The summed E-state index contributed by atoms with van der Waals surface area (Å²) in [6.45, 7) is 3.18. The van der Waals surface area contributed by atoms with Crippen molar-refractivity contribution in [1.82, 2.24) is 9.88 Å². The van der Waals surface area contributed by atoms with Crippen molar-refractivity contribution < 1.29 is 9.53 Å². The number of methoxy groups -OCH3 is 1. The van der Waals surface area contributed by atoms with Crippen molar-refractivity contribution in [3.63, 3.8) is 0 Å². The number of H-pyrrole nitrogens is 1. The van der Waals surface area contributed by atoms with Crippen LogP contribution in [0.3, 0.4) is 0 Å². The van der Waals surface area contributed by atoms with Gasteiger partial charge in [-0.05, 0) is 31.7 Å². The molecule has 1 aromatic heterocycles. The Bertz CT molecular complexity index is 473. The molecule has 0 spiro atoms. The highest BCUT2D eigenvalue weighted by Crippen LogP contribution is 2.35. The van der Waals surface area contributed by atoms with Crippen LogP contribution in [0, 0.1) is 5.92 Å². The van der Waals surface area contributed by atoms with Gasteiger partial charge >= 0.3 is 0 Å². The average molecular weight is 264 g/mol. The van der Waals surface area contributed by atoms with Crippen molar-refractivity contribution in [3.8, 4) is 0 Å². The third-order valence-electron chi connectivity index (χ3n) is 3.62. The van der Waals surface area contributed by atoms with Crippen LogP contribution in [0.15, 0.2) is 23.1 Å². The van der Waals surface area contributed by atoms with Gasteiger partial charge in [-0.1, -0.05) is 0 Å². The van der Waals surface area contributed by atoms with Gasteiger partial charge in [0.2, 0.25) is 5.56 Å². The number of rotatable bonds is 6. The van der Waals surface area contributed by atoms with Crippen molar-refractivity contribution >= 4 is 5.91 Å². The highest BCUT2D eigenvalue weighted by Gasteiger charge is 2.34. The Morgan fingerprint density at radius 1 is 1.53 bits per heavy atom. The lowest BCUT2D eigenvalue weighted by Crippen LogP contribution is -2.42. The lowest BCUT2D eigenvalue weighted by molar-refractivity contribution is 0.0594. The lowest BCUT2D eigenvalue weighted by Gasteiger charge is -2.29. The molecular weight excluding hydrogens is 244 g/mol. The standard InChI is InChI=1S/C14H20N2O3/c1-10(11-3-4-11)16(7-8-19-2)14(18)12-5-6-13(17)15-9-12/h5-6,9-11H,3-4,7-8H2,1-2H3,(H,15,17). The summed E-state index contributed by atoms with van der Waals surface area (Å²) in [5.74, 6) is 0.552. The van der Waals surface area contributed by atoms with Crippen molar-refractivity contribution in [2.75, 3.05) is 20.3 Å². The fourth-order valence-electron chi connectivity index (χ4n) is 2.22. The smallest absolute Gasteiger partial charge is 0.255 e. The Hall–Kier alpha value is -1.62. The van der Waals surface area contributed by atoms with Crippen molar-refractivity contribution in [1.29, 1.82) is 0 Å². The first-order valence-corrected chi connectivity index (χ1v) is 6.62. The molecule has 5 nitrogen and oxygen atoms in total. The van der Waals surface area contributed by atoms with E-state index in [4.69, 9.17) is 4.74 Å². The number of carbonyl (C=O) groups excluding carboxylic acids is 1. The van der Waals surface area contributed by atoms with E-state index in [9.17, 15) is 9.59 Å². The highest BCUT2D eigenvalue weighted by atomic mass is 16.5. The number of carbonyl (C=O) groups is 1. The van der Waals surface area contributed by atoms with Gasteiger partial charge in [0.25, 0.3) is 5.91 Å². The Labute approximate surface area is 112 Å². The molecule has 19 heavy (non-hydrogen) atoms. The zero-order valence-electron chi connectivity index (χ0n) is 11.4. The molecular formula is C14H20N2O3. The predicted molar refractivity (Wildman–Crippen MR) is 72.2 cm³/mol. The minimum absolute atomic E-state index is 0.0484. The zero-order valence-corrected chi connectivity index (χ0v) is 11.4. The molecule has 1 heterocycles. The number of pyridine rings is 1. The number of nitrogens with one attached hydrogen (secondary N) is 1. The van der Waals surface area contributed by atoms with Gasteiger partial charge in [0.15, 0.2) is 0 Å². The summed E-state index contributed by atoms with van der Waals surface area (Å²) in [5.41, 5.74) is 0.318. The second-order valence-corrected chi connectivity index (χ2v) is 5.01. The van der Waals surface area contributed by atoms with E-state index in [0.717, 1.165) is 0 Å². The van der Waals surface area contributed by atoms with Crippen LogP contribution in [0.5, 0.6) is 0 Å². The monoisotopic (exact) mass is 264 g/mol. The number of ether oxygens (including phenoxy) is 1. The summed E-state index contributed by atoms with van der Waals surface area (Å²) in [4.78, 5) is 27.9. The third-order valence-corrected chi connectivity index (χ3v) is 3.62. The molecule has 1 atom stereocenters. The van der Waals surface area contributed by atoms with Crippen LogP contribution in [-0.4, -0.2) is 42.1 Å². The predicted octanol–water partition coefficient (Wildman–Crippen LogP) is 1.26. The Morgan fingerprint density at radius 3 is 2.79 bits per heavy atom. The molecule has 0 saturated heterocycles. The largest absolute Gasteiger partial charge is 0.383 e. The second kappa shape index (κ2) is 6.02. The molecule has 1 aliphatic carbocycles. The number of aromatic amines is 1. The van der Waals surface area contributed by atoms with Gasteiger partial charge in [0.1, 0.15) is 0 Å². The van der Waals surface area contributed by atoms with Crippen LogP contribution in [0.2, 0.25) is 0 Å². The van der Waals surface area contributed by atoms with Gasteiger partial charge in [-0.2, -0.15) is 0 Å². The Balaban J connectivity index is 2.13. The lowest BCUT2D eigenvalue weighted by atomic mass is 10.1. The Kier molecular flexibility index (Phi) is 4.37. The third kappa shape index (κ3) is 3.44. The normalized spacial score (nSPS) is 16.1. The van der Waals surface area contributed by atoms with Gasteiger partial charge in [-0.25, -0.2) is 0 Å². The van der Waals surface area contributed by atoms with Crippen LogP contribution in [-0.2, 0) is 4.74 Å². The van der Waals surface area contributed by atoms with Gasteiger partial charge in [0, 0.05) is 32.0 Å². The number of aromatic nitrogens is 1. The maximum absolute atomic E-state index is 12.5. The van der Waals surface area contributed by atoms with E-state index in [1.165, 1.54) is 25.1 Å². The number of amides is 1. The molecule has 0 aromatic carbocycles. The topological polar surface area (TPSA) is 62.4 Å². The maximum Gasteiger partial charge on any atom is 0.255 e. The van der Waals surface area contributed by atoms with Crippen LogP contribution < -0.4 is 5.56 Å². The minimum Gasteiger partial charge on any atom is -0.383 e. The van der Waals surface area contributed by atoms with Gasteiger partial charge < -0.3 is 14.6 Å². The average Bonchev–Trinajstić information content (AvgIpc) is 3.23. The summed E-state index contributed by atoms with van der Waals surface area (Å²) in [6.07, 6.45) is 3.84. The summed E-state index contributed by atoms with van der Waals surface area (Å²) >= 11 is 0. The van der Waals surface area contributed by atoms with Crippen molar-refractivity contribution in [2.24, 2.45) is 5.92 Å². The van der Waals surface area contributed by atoms with E-state index < -0.39 is 0 Å². The molecule has 1 unspecified atom stereocenters. The zero-order chi connectivity index (χ0) is 13.8. The summed E-state index contributed by atoms with van der Waals surface area (Å²) < 4.78 is 5.08. The van der Waals surface area contributed by atoms with Crippen LogP contribution in [0.25, 0.3) is 0 Å². The number of hydrogen-bond acceptors (Lipinski definition) is 3. The van der Waals surface area contributed by atoms with Crippen LogP contribution in [0.1, 0.15) is 30.1 Å². The molecule has 1 saturated carbocycles. The second-order valence-electron chi connectivity index (χ2n) is 5.01. The van der Waals surface area contributed by atoms with Crippen LogP contribution in [0.4, 0.5) is 0 Å². The van der Waals surface area contributed by atoms with E-state index in [2.05, 4.69) is 11.9 Å². The fraction of sp³-hybridized carbons (Fsp3) is 0.571. The molecule has 5 heteroatoms. The van der Waals surface area contributed by atoms with E-state index in [0.29, 0.717) is 24.6 Å². The van der Waals surface area contributed by atoms with Crippen molar-refractivity contribution in [2.45, 2.75) is 25.8 Å². The van der Waals surface area contributed by atoms with Crippen LogP contribution >= 0.6 is 0 Å². The number of hydrogen-bond donors (Lipinski definition) is 1. The molecule has 1 aliphatic rings. The molecule has 1 N–H and O–H groups in total. The Morgan fingerprint density at radius 2 is 2.26 bits per heavy atom. The molecule has 1 amide bonds. The quantitative estimate of drug-likeness (QED) is 0.841. The summed E-state index contributed by atoms with van der Waals surface area (Å²) in [7, 11) is 1.63. The van der Waals surface area contributed by atoms with E-state index >= 15 is 0 Å². The highest BCUT2D eigenvalue weighted by molar-refractivity contribution is 5.94. The first kappa shape index (κ1) is 13.8. The molecule has 104 valence electrons. The molecule has 0 aliphatic heterocycles. The van der Waals surface area contributed by atoms with E-state index in [1.807, 2.05) is 4.90 Å².